The fourth-order valence-corrected chi connectivity index (χ4v) is 2.76. The Kier molecular flexibility index (Phi) is 12.7. The molecule has 0 aliphatic heterocycles. The monoisotopic (exact) mass is 473 g/mol. The molecular formula is C20H35N5O8. The van der Waals surface area contributed by atoms with Crippen LogP contribution in [0.4, 0.5) is 0 Å². The van der Waals surface area contributed by atoms with Crippen LogP contribution in [0.25, 0.3) is 0 Å². The largest absolute Gasteiger partial charge is 0.481 e. The summed E-state index contributed by atoms with van der Waals surface area (Å²) in [6.07, 6.45) is -0.802. The first-order valence-corrected chi connectivity index (χ1v) is 10.6. The second-order valence-electron chi connectivity index (χ2n) is 8.21. The first kappa shape index (κ1) is 29.8. The highest BCUT2D eigenvalue weighted by Crippen LogP contribution is 2.08. The summed E-state index contributed by atoms with van der Waals surface area (Å²) in [7, 11) is 0. The highest BCUT2D eigenvalue weighted by molar-refractivity contribution is 5.95. The van der Waals surface area contributed by atoms with Crippen molar-refractivity contribution >= 4 is 35.6 Å². The van der Waals surface area contributed by atoms with Gasteiger partial charge in [-0.3, -0.25) is 24.0 Å². The van der Waals surface area contributed by atoms with Gasteiger partial charge in [-0.15, -0.1) is 0 Å². The van der Waals surface area contributed by atoms with Crippen LogP contribution in [-0.2, 0) is 28.8 Å². The number of carboxylic acid groups (broad SMARTS) is 2. The number of carboxylic acids is 2. The van der Waals surface area contributed by atoms with Crippen molar-refractivity contribution in [1.29, 1.82) is 0 Å². The smallest absolute Gasteiger partial charge is 0.326 e. The molecule has 0 radical (unpaired) electrons. The number of carbonyl (C=O) groups excluding carboxylic acids is 4. The van der Waals surface area contributed by atoms with Crippen LogP contribution in [0, 0.1) is 11.8 Å². The Morgan fingerprint density at radius 3 is 1.79 bits per heavy atom. The molecule has 0 heterocycles. The molecule has 0 saturated carbocycles. The summed E-state index contributed by atoms with van der Waals surface area (Å²) in [6, 6.07) is -5.22. The van der Waals surface area contributed by atoms with E-state index >= 15 is 0 Å². The van der Waals surface area contributed by atoms with Gasteiger partial charge in [-0.2, -0.15) is 0 Å². The second-order valence-corrected chi connectivity index (χ2v) is 8.21. The molecule has 13 nitrogen and oxygen atoms in total. The molecule has 0 saturated heterocycles. The summed E-state index contributed by atoms with van der Waals surface area (Å²) in [5, 5.41) is 25.2. The lowest BCUT2D eigenvalue weighted by atomic mass is 9.99. The zero-order valence-electron chi connectivity index (χ0n) is 19.3. The van der Waals surface area contributed by atoms with Crippen LogP contribution in [0.1, 0.15) is 53.4 Å². The predicted octanol–water partition coefficient (Wildman–Crippen LogP) is -1.70. The van der Waals surface area contributed by atoms with Crippen LogP contribution in [-0.4, -0.2) is 69.9 Å². The van der Waals surface area contributed by atoms with Gasteiger partial charge in [-0.25, -0.2) is 4.79 Å². The third kappa shape index (κ3) is 10.8. The summed E-state index contributed by atoms with van der Waals surface area (Å²) in [5.74, 6) is -6.84. The van der Waals surface area contributed by atoms with Gasteiger partial charge >= 0.3 is 11.9 Å². The normalized spacial score (nSPS) is 15.5. The van der Waals surface area contributed by atoms with Crippen molar-refractivity contribution in [3.63, 3.8) is 0 Å². The Balaban J connectivity index is 5.62. The van der Waals surface area contributed by atoms with Gasteiger partial charge in [0.1, 0.15) is 18.1 Å². The van der Waals surface area contributed by atoms with E-state index in [0.29, 0.717) is 6.42 Å². The number of nitrogens with two attached hydrogens (primary N) is 2. The minimum Gasteiger partial charge on any atom is -0.481 e. The predicted molar refractivity (Wildman–Crippen MR) is 116 cm³/mol. The number of hydrogen-bond donors (Lipinski definition) is 7. The van der Waals surface area contributed by atoms with Crippen molar-refractivity contribution in [3.05, 3.63) is 0 Å². The number of amides is 4. The van der Waals surface area contributed by atoms with E-state index < -0.39 is 72.1 Å². The molecule has 0 aromatic heterocycles. The first-order valence-electron chi connectivity index (χ1n) is 10.6. The first-order chi connectivity index (χ1) is 15.2. The minimum absolute atomic E-state index is 0.239. The Bertz CT molecular complexity index is 742. The fraction of sp³-hybridized carbons (Fsp3) is 0.700. The maximum atomic E-state index is 12.7. The molecule has 0 aliphatic rings. The molecule has 5 unspecified atom stereocenters. The quantitative estimate of drug-likeness (QED) is 0.143. The van der Waals surface area contributed by atoms with Gasteiger partial charge in [-0.05, 0) is 18.3 Å². The standard InChI is InChI=1S/C20H35N5O8/c1-5-10(4)15(22)19(31)24-12(8-14(27)28)18(30)23-11(6-7-13(21)26)17(29)25-16(9(2)3)20(32)33/h9-12,15-16H,5-8,22H2,1-4H3,(H2,21,26)(H,23,30)(H,24,31)(H,25,29)(H,27,28)(H,32,33). The van der Waals surface area contributed by atoms with Gasteiger partial charge in [0.25, 0.3) is 0 Å². The average Bonchev–Trinajstić information content (AvgIpc) is 2.71. The summed E-state index contributed by atoms with van der Waals surface area (Å²) in [5.41, 5.74) is 10.9. The van der Waals surface area contributed by atoms with Gasteiger partial charge in [0.2, 0.25) is 23.6 Å². The Morgan fingerprint density at radius 1 is 0.848 bits per heavy atom. The molecule has 0 spiro atoms. The second kappa shape index (κ2) is 14.0. The lowest BCUT2D eigenvalue weighted by molar-refractivity contribution is -0.144. The molecule has 0 bridgehead atoms. The van der Waals surface area contributed by atoms with Gasteiger partial charge in [0.05, 0.1) is 12.5 Å². The Labute approximate surface area is 192 Å². The summed E-state index contributed by atoms with van der Waals surface area (Å²) < 4.78 is 0. The fourth-order valence-electron chi connectivity index (χ4n) is 2.76. The molecular weight excluding hydrogens is 438 g/mol. The van der Waals surface area contributed by atoms with E-state index in [1.807, 2.05) is 6.92 Å². The number of rotatable bonds is 15. The lowest BCUT2D eigenvalue weighted by Crippen LogP contribution is -2.58. The number of primary amides is 1. The molecule has 13 heteroatoms. The van der Waals surface area contributed by atoms with Crippen LogP contribution in [0.5, 0.6) is 0 Å². The summed E-state index contributed by atoms with van der Waals surface area (Å²) in [6.45, 7) is 6.65. The lowest BCUT2D eigenvalue weighted by Gasteiger charge is -2.26. The topological polar surface area (TPSA) is 231 Å². The highest BCUT2D eigenvalue weighted by atomic mass is 16.4. The Hall–Kier alpha value is -3.22. The molecule has 33 heavy (non-hydrogen) atoms. The molecule has 0 aromatic rings. The molecule has 0 fully saturated rings. The SMILES string of the molecule is CCC(C)C(N)C(=O)NC(CC(=O)O)C(=O)NC(CCC(N)=O)C(=O)NC(C(=O)O)C(C)C. The van der Waals surface area contributed by atoms with Crippen molar-refractivity contribution in [2.75, 3.05) is 0 Å². The van der Waals surface area contributed by atoms with Crippen molar-refractivity contribution in [2.45, 2.75) is 77.5 Å². The van der Waals surface area contributed by atoms with Crippen molar-refractivity contribution in [2.24, 2.45) is 23.3 Å². The molecule has 0 aliphatic carbocycles. The van der Waals surface area contributed by atoms with E-state index in [-0.39, 0.29) is 18.8 Å². The third-order valence-electron chi connectivity index (χ3n) is 5.11. The van der Waals surface area contributed by atoms with E-state index in [0.717, 1.165) is 0 Å². The van der Waals surface area contributed by atoms with Gasteiger partial charge in [0, 0.05) is 6.42 Å². The average molecular weight is 474 g/mol. The van der Waals surface area contributed by atoms with E-state index in [4.69, 9.17) is 16.6 Å². The Morgan fingerprint density at radius 2 is 1.36 bits per heavy atom. The maximum absolute atomic E-state index is 12.7. The number of nitrogens with one attached hydrogen (secondary N) is 3. The molecule has 0 rings (SSSR count). The van der Waals surface area contributed by atoms with E-state index in [1.54, 1.807) is 20.8 Å². The summed E-state index contributed by atoms with van der Waals surface area (Å²) >= 11 is 0. The van der Waals surface area contributed by atoms with Crippen LogP contribution in [0.2, 0.25) is 0 Å². The molecule has 4 amide bonds. The zero-order valence-corrected chi connectivity index (χ0v) is 19.3. The van der Waals surface area contributed by atoms with E-state index in [2.05, 4.69) is 16.0 Å². The van der Waals surface area contributed by atoms with Crippen molar-refractivity contribution in [3.8, 4) is 0 Å². The molecule has 0 aromatic carbocycles. The summed E-state index contributed by atoms with van der Waals surface area (Å²) in [4.78, 5) is 71.5. The van der Waals surface area contributed by atoms with Crippen molar-refractivity contribution < 1.29 is 39.0 Å². The van der Waals surface area contributed by atoms with Crippen LogP contribution in [0.3, 0.4) is 0 Å². The number of hydrogen-bond acceptors (Lipinski definition) is 7. The molecule has 188 valence electrons. The third-order valence-corrected chi connectivity index (χ3v) is 5.11. The number of aliphatic carboxylic acids is 2. The van der Waals surface area contributed by atoms with Gasteiger partial charge in [0.15, 0.2) is 0 Å². The number of carbonyl (C=O) groups is 6. The van der Waals surface area contributed by atoms with Crippen LogP contribution < -0.4 is 27.4 Å². The van der Waals surface area contributed by atoms with E-state index in [1.165, 1.54) is 0 Å². The molecule has 9 N–H and O–H groups in total. The van der Waals surface area contributed by atoms with Crippen LogP contribution >= 0.6 is 0 Å². The van der Waals surface area contributed by atoms with E-state index in [9.17, 15) is 33.9 Å². The van der Waals surface area contributed by atoms with Crippen molar-refractivity contribution in [1.82, 2.24) is 16.0 Å². The molecule has 5 atom stereocenters. The van der Waals surface area contributed by atoms with Crippen LogP contribution in [0.15, 0.2) is 0 Å². The maximum Gasteiger partial charge on any atom is 0.326 e. The minimum atomic E-state index is -1.56. The van der Waals surface area contributed by atoms with Gasteiger partial charge < -0.3 is 37.6 Å². The highest BCUT2D eigenvalue weighted by Gasteiger charge is 2.32. The zero-order chi connectivity index (χ0) is 25.9. The van der Waals surface area contributed by atoms with Gasteiger partial charge in [-0.1, -0.05) is 34.1 Å².